The Morgan fingerprint density at radius 3 is 0.732 bits per heavy atom. The fraction of sp³-hybridized carbons (Fsp3) is 0.949. The van der Waals surface area contributed by atoms with E-state index in [1.165, 1.54) is 193 Å². The molecule has 0 aromatic carbocycles. The average Bonchev–Trinajstić information content (AvgIpc) is 1.71. The minimum absolute atomic E-state index is 0.102. The molecule has 0 aliphatic rings. The summed E-state index contributed by atoms with van der Waals surface area (Å²) in [5, 5.41) is 10.6. The van der Waals surface area contributed by atoms with Gasteiger partial charge >= 0.3 is 39.5 Å². The maximum absolute atomic E-state index is 13.1. The molecule has 0 bridgehead atoms. The Hall–Kier alpha value is -1.94. The van der Waals surface area contributed by atoms with Crippen molar-refractivity contribution in [3.05, 3.63) is 0 Å². The minimum Gasteiger partial charge on any atom is -0.462 e. The third-order valence-electron chi connectivity index (χ3n) is 18.4. The summed E-state index contributed by atoms with van der Waals surface area (Å²) >= 11 is 0. The van der Waals surface area contributed by atoms with Gasteiger partial charge in [0.15, 0.2) is 12.2 Å². The summed E-state index contributed by atoms with van der Waals surface area (Å²) in [5.74, 6) is 0.920. The lowest BCUT2D eigenvalue weighted by molar-refractivity contribution is -0.161. The molecule has 0 saturated carbocycles. The van der Waals surface area contributed by atoms with Crippen LogP contribution in [0.4, 0.5) is 0 Å². The summed E-state index contributed by atoms with van der Waals surface area (Å²) in [5.41, 5.74) is 0. The topological polar surface area (TPSA) is 237 Å². The number of carbonyl (C=O) groups excluding carboxylic acids is 4. The molecule has 97 heavy (non-hydrogen) atoms. The van der Waals surface area contributed by atoms with E-state index in [2.05, 4.69) is 55.4 Å². The minimum atomic E-state index is -4.96. The predicted molar refractivity (Wildman–Crippen MR) is 395 cm³/mol. The number of phosphoric acid groups is 2. The molecule has 0 aliphatic carbocycles. The van der Waals surface area contributed by atoms with Gasteiger partial charge in [-0.25, -0.2) is 9.13 Å². The first-order valence-electron chi connectivity index (χ1n) is 40.2. The molecule has 6 atom stereocenters. The summed E-state index contributed by atoms with van der Waals surface area (Å²) in [6.45, 7) is 14.2. The van der Waals surface area contributed by atoms with Gasteiger partial charge in [0.1, 0.15) is 19.3 Å². The second kappa shape index (κ2) is 67.2. The molecule has 576 valence electrons. The zero-order valence-electron chi connectivity index (χ0n) is 63.7. The number of ether oxygens (including phenoxy) is 4. The van der Waals surface area contributed by atoms with Crippen LogP contribution in [0.1, 0.15) is 396 Å². The number of hydrogen-bond donors (Lipinski definition) is 3. The molecular weight excluding hydrogens is 1270 g/mol. The summed E-state index contributed by atoms with van der Waals surface area (Å²) in [4.78, 5) is 72.8. The molecule has 0 radical (unpaired) electrons. The number of esters is 4. The van der Waals surface area contributed by atoms with E-state index in [1.807, 2.05) is 0 Å². The third-order valence-corrected chi connectivity index (χ3v) is 20.3. The molecule has 0 fully saturated rings. The number of unbranched alkanes of at least 4 members (excludes halogenated alkanes) is 40. The Morgan fingerprint density at radius 1 is 0.289 bits per heavy atom. The van der Waals surface area contributed by atoms with Crippen LogP contribution in [0, 0.1) is 23.7 Å². The summed E-state index contributed by atoms with van der Waals surface area (Å²) < 4.78 is 68.5. The number of aliphatic hydroxyl groups is 1. The van der Waals surface area contributed by atoms with E-state index in [4.69, 9.17) is 37.0 Å². The van der Waals surface area contributed by atoms with Crippen LogP contribution >= 0.6 is 15.6 Å². The molecule has 17 nitrogen and oxygen atoms in total. The second-order valence-electron chi connectivity index (χ2n) is 29.8. The van der Waals surface area contributed by atoms with Crippen molar-refractivity contribution in [3.8, 4) is 0 Å². The van der Waals surface area contributed by atoms with Crippen molar-refractivity contribution in [3.63, 3.8) is 0 Å². The third kappa shape index (κ3) is 70.9. The summed E-state index contributed by atoms with van der Waals surface area (Å²) in [7, 11) is -9.91. The zero-order valence-corrected chi connectivity index (χ0v) is 65.5. The highest BCUT2D eigenvalue weighted by molar-refractivity contribution is 7.47. The number of carbonyl (C=O) groups is 4. The maximum Gasteiger partial charge on any atom is 0.472 e. The Labute approximate surface area is 594 Å². The van der Waals surface area contributed by atoms with Crippen molar-refractivity contribution < 1.29 is 80.2 Å². The lowest BCUT2D eigenvalue weighted by Crippen LogP contribution is -2.30. The van der Waals surface area contributed by atoms with Crippen LogP contribution in [0.25, 0.3) is 0 Å². The number of hydrogen-bond acceptors (Lipinski definition) is 15. The molecule has 3 unspecified atom stereocenters. The summed E-state index contributed by atoms with van der Waals surface area (Å²) in [6.07, 6.45) is 53.0. The van der Waals surface area contributed by atoms with Gasteiger partial charge in [0, 0.05) is 25.7 Å². The van der Waals surface area contributed by atoms with Gasteiger partial charge < -0.3 is 33.8 Å². The molecule has 0 spiro atoms. The maximum atomic E-state index is 13.1. The van der Waals surface area contributed by atoms with Gasteiger partial charge in [0.25, 0.3) is 0 Å². The van der Waals surface area contributed by atoms with Crippen molar-refractivity contribution in [1.82, 2.24) is 0 Å². The van der Waals surface area contributed by atoms with Crippen LogP contribution in [0.5, 0.6) is 0 Å². The molecule has 0 rings (SSSR count). The normalized spacial score (nSPS) is 14.4. The number of aliphatic hydroxyl groups excluding tert-OH is 1. The van der Waals surface area contributed by atoms with Gasteiger partial charge in [0.05, 0.1) is 26.4 Å². The first-order valence-corrected chi connectivity index (χ1v) is 43.2. The van der Waals surface area contributed by atoms with Crippen molar-refractivity contribution >= 4 is 39.5 Å². The molecule has 0 aliphatic heterocycles. The van der Waals surface area contributed by atoms with E-state index >= 15 is 0 Å². The van der Waals surface area contributed by atoms with E-state index in [-0.39, 0.29) is 25.7 Å². The Kier molecular flexibility index (Phi) is 65.9. The molecule has 3 N–H and O–H groups in total. The molecular formula is C78H152O17P2. The van der Waals surface area contributed by atoms with Crippen LogP contribution < -0.4 is 0 Å². The van der Waals surface area contributed by atoms with Crippen LogP contribution in [-0.4, -0.2) is 96.7 Å². The first-order chi connectivity index (χ1) is 46.6. The van der Waals surface area contributed by atoms with Crippen LogP contribution in [0.15, 0.2) is 0 Å². The first kappa shape index (κ1) is 95.1. The van der Waals surface area contributed by atoms with Crippen LogP contribution in [0.2, 0.25) is 0 Å². The largest absolute Gasteiger partial charge is 0.472 e. The lowest BCUT2D eigenvalue weighted by Gasteiger charge is -2.21. The number of rotatable bonds is 75. The predicted octanol–water partition coefficient (Wildman–Crippen LogP) is 22.8. The Morgan fingerprint density at radius 2 is 0.495 bits per heavy atom. The van der Waals surface area contributed by atoms with Crippen LogP contribution in [0.3, 0.4) is 0 Å². The van der Waals surface area contributed by atoms with Gasteiger partial charge in [-0.1, -0.05) is 344 Å². The van der Waals surface area contributed by atoms with Crippen molar-refractivity contribution in [2.45, 2.75) is 414 Å². The van der Waals surface area contributed by atoms with Gasteiger partial charge in [0.2, 0.25) is 0 Å². The molecule has 0 heterocycles. The second-order valence-corrected chi connectivity index (χ2v) is 32.7. The van der Waals surface area contributed by atoms with E-state index < -0.39 is 97.5 Å². The SMILES string of the molecule is CCC(C)CCCCCCCCC(=O)OC[C@H](COP(=O)(O)OC[C@H](O)COP(=O)(O)OC[C@@H](COC(=O)CCCCCCCCCCCCCCCCCC(C)C)OC(=O)CCCCCCCCCCCCCCCCCCC(C)C)OC(=O)CCCCCCCCCC(C)C. The fourth-order valence-electron chi connectivity index (χ4n) is 11.9. The van der Waals surface area contributed by atoms with Gasteiger partial charge in [-0.15, -0.1) is 0 Å². The van der Waals surface area contributed by atoms with Crippen LogP contribution in [-0.2, 0) is 65.4 Å². The molecule has 0 amide bonds. The molecule has 0 aromatic rings. The van der Waals surface area contributed by atoms with Crippen molar-refractivity contribution in [1.29, 1.82) is 0 Å². The monoisotopic (exact) mass is 1420 g/mol. The zero-order chi connectivity index (χ0) is 71.7. The molecule has 0 aromatic heterocycles. The standard InChI is InChI=1S/C78H152O17P2/c1-9-71(8)57-49-41-36-37-43-51-59-76(81)89-65-74(95-78(83)61-53-45-35-29-32-40-48-56-70(6)7)67-93-97(86,87)91-63-72(79)62-90-96(84,85)92-66-73(64-88-75(80)58-50-42-33-27-23-19-16-12-14-18-22-26-31-39-47-55-69(4)5)94-77(82)60-52-44-34-28-24-20-15-11-10-13-17-21-25-30-38-46-54-68(2)3/h68-74,79H,9-67H2,1-8H3,(H,84,85)(H,86,87)/t71?,72-,73-,74-/m1/s1. The highest BCUT2D eigenvalue weighted by atomic mass is 31.2. The lowest BCUT2D eigenvalue weighted by atomic mass is 10.00. The van der Waals surface area contributed by atoms with Gasteiger partial charge in [-0.2, -0.15) is 0 Å². The van der Waals surface area contributed by atoms with E-state index in [0.29, 0.717) is 31.6 Å². The average molecular weight is 1420 g/mol. The van der Waals surface area contributed by atoms with Gasteiger partial charge in [-0.05, 0) is 49.4 Å². The molecule has 19 heteroatoms. The quantitative estimate of drug-likeness (QED) is 0.0222. The molecule has 0 saturated heterocycles. The van der Waals surface area contributed by atoms with E-state index in [1.54, 1.807) is 0 Å². The Bertz CT molecular complexity index is 1900. The fourth-order valence-corrected chi connectivity index (χ4v) is 13.5. The highest BCUT2D eigenvalue weighted by Crippen LogP contribution is 2.45. The Balaban J connectivity index is 5.22. The smallest absolute Gasteiger partial charge is 0.462 e. The van der Waals surface area contributed by atoms with E-state index in [0.717, 1.165) is 114 Å². The van der Waals surface area contributed by atoms with Crippen molar-refractivity contribution in [2.75, 3.05) is 39.6 Å². The van der Waals surface area contributed by atoms with Gasteiger partial charge in [-0.3, -0.25) is 37.3 Å². The highest BCUT2D eigenvalue weighted by Gasteiger charge is 2.30. The van der Waals surface area contributed by atoms with E-state index in [9.17, 15) is 43.2 Å². The summed E-state index contributed by atoms with van der Waals surface area (Å²) in [6, 6.07) is 0. The number of phosphoric ester groups is 2. The van der Waals surface area contributed by atoms with Crippen molar-refractivity contribution in [2.24, 2.45) is 23.7 Å².